The minimum atomic E-state index is -0.777. The molecule has 6 nitrogen and oxygen atoms in total. The number of carboxylic acid groups (broad SMARTS) is 1. The Morgan fingerprint density at radius 3 is 2.54 bits per heavy atom. The third kappa shape index (κ3) is 3.18. The van der Waals surface area contributed by atoms with E-state index in [1.807, 2.05) is 26.0 Å². The Labute approximate surface area is 140 Å². The van der Waals surface area contributed by atoms with Gasteiger partial charge in [-0.15, -0.1) is 0 Å². The maximum atomic E-state index is 12.6. The molecular formula is C18H21N3O3. The normalized spacial score (nSPS) is 15.5. The minimum absolute atomic E-state index is 0.123. The SMILES string of the molecule is Cc1ccc(-c2cc(C(=O)N3CCC(C(=O)O)CC3)[nH]n2)c(C)c1. The van der Waals surface area contributed by atoms with Gasteiger partial charge in [-0.2, -0.15) is 5.10 Å². The molecule has 1 amide bonds. The highest BCUT2D eigenvalue weighted by molar-refractivity contribution is 5.93. The van der Waals surface area contributed by atoms with Gasteiger partial charge in [-0.1, -0.05) is 23.8 Å². The van der Waals surface area contributed by atoms with Gasteiger partial charge in [0.25, 0.3) is 5.91 Å². The maximum absolute atomic E-state index is 12.6. The van der Waals surface area contributed by atoms with E-state index in [9.17, 15) is 9.59 Å². The zero-order valence-electron chi connectivity index (χ0n) is 13.9. The minimum Gasteiger partial charge on any atom is -0.481 e. The highest BCUT2D eigenvalue weighted by atomic mass is 16.4. The van der Waals surface area contributed by atoms with Gasteiger partial charge in [0.05, 0.1) is 11.6 Å². The summed E-state index contributed by atoms with van der Waals surface area (Å²) in [7, 11) is 0. The largest absolute Gasteiger partial charge is 0.481 e. The number of H-pyrrole nitrogens is 1. The van der Waals surface area contributed by atoms with Gasteiger partial charge in [-0.25, -0.2) is 0 Å². The number of hydrogen-bond donors (Lipinski definition) is 2. The zero-order valence-corrected chi connectivity index (χ0v) is 13.9. The van der Waals surface area contributed by atoms with Crippen molar-refractivity contribution in [3.05, 3.63) is 41.1 Å². The predicted octanol–water partition coefficient (Wildman–Crippen LogP) is 2.63. The van der Waals surface area contributed by atoms with E-state index in [2.05, 4.69) is 16.3 Å². The number of aromatic amines is 1. The monoisotopic (exact) mass is 327 g/mol. The van der Waals surface area contributed by atoms with Gasteiger partial charge in [-0.05, 0) is 38.3 Å². The van der Waals surface area contributed by atoms with Crippen molar-refractivity contribution in [2.75, 3.05) is 13.1 Å². The van der Waals surface area contributed by atoms with Crippen LogP contribution in [0.15, 0.2) is 24.3 Å². The highest BCUT2D eigenvalue weighted by Crippen LogP contribution is 2.24. The zero-order chi connectivity index (χ0) is 17.3. The van der Waals surface area contributed by atoms with Gasteiger partial charge in [0.15, 0.2) is 0 Å². The lowest BCUT2D eigenvalue weighted by Crippen LogP contribution is -2.40. The lowest BCUT2D eigenvalue weighted by Gasteiger charge is -2.29. The van der Waals surface area contributed by atoms with Crippen LogP contribution in [0.1, 0.15) is 34.5 Å². The second-order valence-electron chi connectivity index (χ2n) is 6.39. The fourth-order valence-electron chi connectivity index (χ4n) is 3.17. The fourth-order valence-corrected chi connectivity index (χ4v) is 3.17. The Morgan fingerprint density at radius 2 is 1.92 bits per heavy atom. The molecule has 0 unspecified atom stereocenters. The Balaban J connectivity index is 1.74. The number of piperidine rings is 1. The van der Waals surface area contributed by atoms with Crippen molar-refractivity contribution in [2.45, 2.75) is 26.7 Å². The van der Waals surface area contributed by atoms with E-state index in [1.165, 1.54) is 5.56 Å². The van der Waals surface area contributed by atoms with E-state index in [-0.39, 0.29) is 11.8 Å². The van der Waals surface area contributed by atoms with Crippen molar-refractivity contribution in [3.8, 4) is 11.3 Å². The number of carboxylic acids is 1. The molecule has 0 spiro atoms. The van der Waals surface area contributed by atoms with Crippen molar-refractivity contribution >= 4 is 11.9 Å². The molecular weight excluding hydrogens is 306 g/mol. The molecule has 2 heterocycles. The summed E-state index contributed by atoms with van der Waals surface area (Å²) in [5.41, 5.74) is 4.49. The van der Waals surface area contributed by atoms with Crippen molar-refractivity contribution in [2.24, 2.45) is 5.92 Å². The molecule has 2 N–H and O–H groups in total. The molecule has 2 aromatic rings. The molecule has 1 aromatic heterocycles. The molecule has 1 saturated heterocycles. The van der Waals surface area contributed by atoms with Crippen LogP contribution in [0.4, 0.5) is 0 Å². The lowest BCUT2D eigenvalue weighted by atomic mass is 9.97. The summed E-state index contributed by atoms with van der Waals surface area (Å²) in [6.45, 7) is 4.99. The number of aliphatic carboxylic acids is 1. The Bertz CT molecular complexity index is 774. The first-order valence-corrected chi connectivity index (χ1v) is 8.11. The highest BCUT2D eigenvalue weighted by Gasteiger charge is 2.28. The summed E-state index contributed by atoms with van der Waals surface area (Å²) >= 11 is 0. The summed E-state index contributed by atoms with van der Waals surface area (Å²) in [5, 5.41) is 16.1. The number of likely N-dealkylation sites (tertiary alicyclic amines) is 1. The van der Waals surface area contributed by atoms with Crippen LogP contribution in [0, 0.1) is 19.8 Å². The van der Waals surface area contributed by atoms with Gasteiger partial charge < -0.3 is 10.0 Å². The molecule has 0 aliphatic carbocycles. The van der Waals surface area contributed by atoms with Crippen molar-refractivity contribution in [3.63, 3.8) is 0 Å². The van der Waals surface area contributed by atoms with Crippen LogP contribution < -0.4 is 0 Å². The Hall–Kier alpha value is -2.63. The molecule has 24 heavy (non-hydrogen) atoms. The predicted molar refractivity (Wildman–Crippen MR) is 89.8 cm³/mol. The summed E-state index contributed by atoms with van der Waals surface area (Å²) in [6.07, 6.45) is 0.998. The van der Waals surface area contributed by atoms with E-state index < -0.39 is 5.97 Å². The molecule has 0 bridgehead atoms. The smallest absolute Gasteiger partial charge is 0.306 e. The van der Waals surface area contributed by atoms with Crippen LogP contribution in [-0.2, 0) is 4.79 Å². The standard InChI is InChI=1S/C18H21N3O3/c1-11-3-4-14(12(2)9-11)15-10-16(20-19-15)17(22)21-7-5-13(6-8-21)18(23)24/h3-4,9-10,13H,5-8H2,1-2H3,(H,19,20)(H,23,24). The van der Waals surface area contributed by atoms with E-state index in [0.29, 0.717) is 31.6 Å². The number of nitrogens with one attached hydrogen (secondary N) is 1. The van der Waals surface area contributed by atoms with E-state index >= 15 is 0 Å². The second kappa shape index (κ2) is 6.47. The Kier molecular flexibility index (Phi) is 4.38. The summed E-state index contributed by atoms with van der Waals surface area (Å²) in [6, 6.07) is 7.88. The molecule has 0 saturated carbocycles. The topological polar surface area (TPSA) is 86.3 Å². The third-order valence-electron chi connectivity index (χ3n) is 4.60. The van der Waals surface area contributed by atoms with Crippen molar-refractivity contribution < 1.29 is 14.7 Å². The van der Waals surface area contributed by atoms with Gasteiger partial charge in [0.2, 0.25) is 0 Å². The van der Waals surface area contributed by atoms with Gasteiger partial charge in [-0.3, -0.25) is 14.7 Å². The summed E-state index contributed by atoms with van der Waals surface area (Å²) in [4.78, 5) is 25.3. The number of carbonyl (C=O) groups excluding carboxylic acids is 1. The molecule has 0 atom stereocenters. The Morgan fingerprint density at radius 1 is 1.21 bits per heavy atom. The summed E-state index contributed by atoms with van der Waals surface area (Å²) < 4.78 is 0. The molecule has 1 aromatic carbocycles. The first kappa shape index (κ1) is 16.2. The van der Waals surface area contributed by atoms with Crippen molar-refractivity contribution in [1.82, 2.24) is 15.1 Å². The molecule has 1 aliphatic heterocycles. The summed E-state index contributed by atoms with van der Waals surface area (Å²) in [5.74, 6) is -1.25. The first-order chi connectivity index (χ1) is 11.5. The van der Waals surface area contributed by atoms with E-state index in [4.69, 9.17) is 5.11 Å². The van der Waals surface area contributed by atoms with Crippen LogP contribution in [0.2, 0.25) is 0 Å². The van der Waals surface area contributed by atoms with Gasteiger partial charge in [0, 0.05) is 18.7 Å². The van der Waals surface area contributed by atoms with Crippen LogP contribution in [0.25, 0.3) is 11.3 Å². The quantitative estimate of drug-likeness (QED) is 0.907. The number of aryl methyl sites for hydroxylation is 2. The number of rotatable bonds is 3. The fraction of sp³-hybridized carbons (Fsp3) is 0.389. The number of aromatic nitrogens is 2. The van der Waals surface area contributed by atoms with Crippen molar-refractivity contribution in [1.29, 1.82) is 0 Å². The molecule has 126 valence electrons. The number of hydrogen-bond acceptors (Lipinski definition) is 3. The number of benzene rings is 1. The number of carbonyl (C=O) groups is 2. The van der Waals surface area contributed by atoms with E-state index in [1.54, 1.807) is 11.0 Å². The average molecular weight is 327 g/mol. The molecule has 3 rings (SSSR count). The van der Waals surface area contributed by atoms with Gasteiger partial charge >= 0.3 is 5.97 Å². The third-order valence-corrected chi connectivity index (χ3v) is 4.60. The van der Waals surface area contributed by atoms with E-state index in [0.717, 1.165) is 16.8 Å². The average Bonchev–Trinajstić information content (AvgIpc) is 3.04. The van der Waals surface area contributed by atoms with Crippen LogP contribution >= 0.6 is 0 Å². The number of nitrogens with zero attached hydrogens (tertiary/aromatic N) is 2. The maximum Gasteiger partial charge on any atom is 0.306 e. The van der Waals surface area contributed by atoms with Crippen LogP contribution in [0.3, 0.4) is 0 Å². The van der Waals surface area contributed by atoms with Gasteiger partial charge in [0.1, 0.15) is 5.69 Å². The van der Waals surface area contributed by atoms with Crippen LogP contribution in [-0.4, -0.2) is 45.2 Å². The molecule has 1 fully saturated rings. The number of amides is 1. The lowest BCUT2D eigenvalue weighted by molar-refractivity contribution is -0.143. The molecule has 0 radical (unpaired) electrons. The first-order valence-electron chi connectivity index (χ1n) is 8.11. The molecule has 6 heteroatoms. The second-order valence-corrected chi connectivity index (χ2v) is 6.39. The molecule has 1 aliphatic rings. The van der Waals surface area contributed by atoms with Crippen LogP contribution in [0.5, 0.6) is 0 Å².